The summed E-state index contributed by atoms with van der Waals surface area (Å²) in [4.78, 5) is 0. The maximum absolute atomic E-state index is 7.00. The molecule has 1 rings (SSSR count). The first-order valence-corrected chi connectivity index (χ1v) is 11.4. The van der Waals surface area contributed by atoms with E-state index in [-0.39, 0.29) is 0 Å². The van der Waals surface area contributed by atoms with Crippen LogP contribution in [0.25, 0.3) is 0 Å². The van der Waals surface area contributed by atoms with Crippen molar-refractivity contribution < 1.29 is 0 Å². The molecule has 1 aliphatic heterocycles. The van der Waals surface area contributed by atoms with Crippen LogP contribution in [0.3, 0.4) is 0 Å². The van der Waals surface area contributed by atoms with E-state index >= 15 is 0 Å². The third-order valence-corrected chi connectivity index (χ3v) is 10.4. The zero-order chi connectivity index (χ0) is 11.9. The van der Waals surface area contributed by atoms with E-state index < -0.39 is 5.96 Å². The molecule has 0 atom stereocenters. The summed E-state index contributed by atoms with van der Waals surface area (Å²) in [6, 6.07) is 0. The van der Waals surface area contributed by atoms with Crippen molar-refractivity contribution in [1.82, 2.24) is 0 Å². The molecule has 0 aromatic heterocycles. The summed E-state index contributed by atoms with van der Waals surface area (Å²) in [5.41, 5.74) is 0. The third-order valence-electron chi connectivity index (χ3n) is 4.20. The van der Waals surface area contributed by atoms with Crippen molar-refractivity contribution in [3.05, 3.63) is 0 Å². The minimum absolute atomic E-state index is 1.35. The maximum atomic E-state index is 7.00. The van der Waals surface area contributed by atoms with E-state index in [1.165, 1.54) is 76.3 Å². The van der Waals surface area contributed by atoms with Crippen LogP contribution in [0.4, 0.5) is 0 Å². The van der Waals surface area contributed by atoms with Crippen molar-refractivity contribution in [1.29, 1.82) is 0 Å². The molecule has 1 fully saturated rings. The Hall–Kier alpha value is 0.720. The number of rotatable bonds is 7. The average Bonchev–Trinajstić information content (AvgIpc) is 2.23. The Morgan fingerprint density at radius 1 is 0.875 bits per heavy atom. The predicted octanol–water partition coefficient (Wildman–Crippen LogP) is 5.87. The van der Waals surface area contributed by atoms with Gasteiger partial charge in [-0.2, -0.15) is 0 Å². The van der Waals surface area contributed by atoms with Gasteiger partial charge in [0.2, 0.25) is 0 Å². The average molecular weight is 265 g/mol. The second-order valence-electron chi connectivity index (χ2n) is 6.15. The molecule has 0 aliphatic carbocycles. The summed E-state index contributed by atoms with van der Waals surface area (Å²) >= 11 is 7.00. The van der Waals surface area contributed by atoms with Crippen LogP contribution in [0.1, 0.15) is 64.7 Å². The quantitative estimate of drug-likeness (QED) is 0.399. The third kappa shape index (κ3) is 5.37. The summed E-state index contributed by atoms with van der Waals surface area (Å²) in [7, 11) is 0. The van der Waals surface area contributed by atoms with E-state index in [1.807, 2.05) is 0 Å². The zero-order valence-electron chi connectivity index (χ0n) is 11.3. The van der Waals surface area contributed by atoms with Gasteiger partial charge in [0.25, 0.3) is 0 Å². The van der Waals surface area contributed by atoms with E-state index in [0.29, 0.717) is 0 Å². The van der Waals surface area contributed by atoms with Gasteiger partial charge < -0.3 is 0 Å². The molecule has 0 bridgehead atoms. The first-order chi connectivity index (χ1) is 7.55. The van der Waals surface area contributed by atoms with Crippen molar-refractivity contribution in [3.63, 3.8) is 0 Å². The molecular formula is C14H30ClP. The van der Waals surface area contributed by atoms with Crippen LogP contribution in [0.5, 0.6) is 0 Å². The van der Waals surface area contributed by atoms with Crippen LogP contribution in [-0.2, 0) is 0 Å². The van der Waals surface area contributed by atoms with Crippen molar-refractivity contribution in [2.24, 2.45) is 0 Å². The topological polar surface area (TPSA) is 0 Å². The monoisotopic (exact) mass is 264 g/mol. The molecule has 0 N–H and O–H groups in total. The Morgan fingerprint density at radius 3 is 2.06 bits per heavy atom. The van der Waals surface area contributed by atoms with Gasteiger partial charge in [-0.3, -0.25) is 0 Å². The molecule has 0 aromatic rings. The second-order valence-corrected chi connectivity index (χ2v) is 14.9. The normalized spacial score (nSPS) is 25.8. The zero-order valence-corrected chi connectivity index (χ0v) is 13.0. The SMILES string of the molecule is CCCCCCCCP1(C)(Cl)CCCCC1. The fraction of sp³-hybridized carbons (Fsp3) is 1.00. The van der Waals surface area contributed by atoms with Gasteiger partial charge in [0.05, 0.1) is 0 Å². The van der Waals surface area contributed by atoms with Crippen molar-refractivity contribution in [2.75, 3.05) is 25.2 Å². The fourth-order valence-electron chi connectivity index (χ4n) is 2.95. The molecule has 0 amide bonds. The van der Waals surface area contributed by atoms with Crippen LogP contribution in [0, 0.1) is 0 Å². The fourth-order valence-corrected chi connectivity index (χ4v) is 8.02. The standard InChI is InChI=1S/C14H30ClP/c1-3-4-5-6-7-9-12-16(2,15)13-10-8-11-14-16/h3-14H2,1-2H3. The van der Waals surface area contributed by atoms with Crippen LogP contribution in [0.15, 0.2) is 0 Å². The van der Waals surface area contributed by atoms with Crippen LogP contribution < -0.4 is 0 Å². The van der Waals surface area contributed by atoms with Crippen LogP contribution in [0.2, 0.25) is 0 Å². The van der Waals surface area contributed by atoms with Crippen molar-refractivity contribution in [2.45, 2.75) is 64.7 Å². The van der Waals surface area contributed by atoms with E-state index in [0.717, 1.165) is 0 Å². The molecule has 0 radical (unpaired) electrons. The first kappa shape index (κ1) is 14.8. The molecule has 0 nitrogen and oxygen atoms in total. The van der Waals surface area contributed by atoms with E-state index in [4.69, 9.17) is 11.2 Å². The van der Waals surface area contributed by atoms with E-state index in [2.05, 4.69) is 13.6 Å². The Kier molecular flexibility index (Phi) is 6.10. The van der Waals surface area contributed by atoms with Gasteiger partial charge in [-0.15, -0.1) is 0 Å². The summed E-state index contributed by atoms with van der Waals surface area (Å²) in [5.74, 6) is -1.70. The Balaban J connectivity index is 2.15. The van der Waals surface area contributed by atoms with Gasteiger partial charge in [-0.1, -0.05) is 0 Å². The Morgan fingerprint density at radius 2 is 1.44 bits per heavy atom. The van der Waals surface area contributed by atoms with Gasteiger partial charge in [0.15, 0.2) is 0 Å². The molecule has 2 heteroatoms. The Labute approximate surface area is 107 Å². The number of hydrogen-bond acceptors (Lipinski definition) is 0. The molecule has 0 spiro atoms. The van der Waals surface area contributed by atoms with E-state index in [9.17, 15) is 0 Å². The molecule has 0 unspecified atom stereocenters. The predicted molar refractivity (Wildman–Crippen MR) is 80.5 cm³/mol. The summed E-state index contributed by atoms with van der Waals surface area (Å²) in [6.07, 6.45) is 16.7. The van der Waals surface area contributed by atoms with Crippen LogP contribution >= 0.6 is 17.2 Å². The minimum atomic E-state index is -1.70. The molecule has 0 saturated carbocycles. The number of halogens is 1. The molecule has 1 saturated heterocycles. The van der Waals surface area contributed by atoms with Crippen molar-refractivity contribution >= 4 is 17.2 Å². The molecule has 98 valence electrons. The van der Waals surface area contributed by atoms with Gasteiger partial charge in [-0.05, 0) is 0 Å². The number of hydrogen-bond donors (Lipinski definition) is 0. The summed E-state index contributed by atoms with van der Waals surface area (Å²) in [5, 5.41) is 0. The van der Waals surface area contributed by atoms with E-state index in [1.54, 1.807) is 0 Å². The molecule has 1 heterocycles. The first-order valence-electron chi connectivity index (χ1n) is 7.27. The van der Waals surface area contributed by atoms with Gasteiger partial charge in [0, 0.05) is 0 Å². The van der Waals surface area contributed by atoms with Crippen molar-refractivity contribution in [3.8, 4) is 0 Å². The second kappa shape index (κ2) is 6.60. The van der Waals surface area contributed by atoms with Gasteiger partial charge in [0.1, 0.15) is 0 Å². The molecular weight excluding hydrogens is 235 g/mol. The summed E-state index contributed by atoms with van der Waals surface area (Å²) < 4.78 is 0. The van der Waals surface area contributed by atoms with Crippen LogP contribution in [-0.4, -0.2) is 25.2 Å². The summed E-state index contributed by atoms with van der Waals surface area (Å²) in [6.45, 7) is 4.72. The number of unbranched alkanes of at least 4 members (excludes halogenated alkanes) is 5. The van der Waals surface area contributed by atoms with Gasteiger partial charge >= 0.3 is 107 Å². The molecule has 16 heavy (non-hydrogen) atoms. The van der Waals surface area contributed by atoms with Gasteiger partial charge in [-0.25, -0.2) is 0 Å². The molecule has 0 aromatic carbocycles. The Bertz CT molecular complexity index is 191. The molecule has 1 aliphatic rings.